The minimum atomic E-state index is -3.90. The van der Waals surface area contributed by atoms with Crippen molar-refractivity contribution in [2.45, 2.75) is 10.9 Å². The highest BCUT2D eigenvalue weighted by Crippen LogP contribution is 2.39. The summed E-state index contributed by atoms with van der Waals surface area (Å²) >= 11 is 6.74. The third kappa shape index (κ3) is 3.78. The monoisotopic (exact) mass is 501 g/mol. The molecule has 0 aromatic heterocycles. The summed E-state index contributed by atoms with van der Waals surface area (Å²) in [6.45, 7) is 0. The molecule has 3 rings (SSSR count). The average Bonchev–Trinajstić information content (AvgIpc) is 2.53. The van der Waals surface area contributed by atoms with Gasteiger partial charge in [-0.15, -0.1) is 0 Å². The van der Waals surface area contributed by atoms with Crippen molar-refractivity contribution in [3.05, 3.63) is 62.7 Å². The summed E-state index contributed by atoms with van der Waals surface area (Å²) in [5, 5.41) is 12.1. The van der Waals surface area contributed by atoms with Crippen molar-refractivity contribution in [3.8, 4) is 0 Å². The number of hydrogen-bond acceptors (Lipinski definition) is 5. The molecule has 26 heavy (non-hydrogen) atoms. The predicted molar refractivity (Wildman–Crippen MR) is 105 cm³/mol. The number of halogens is 2. The molecule has 1 atom stereocenters. The minimum absolute atomic E-state index is 0.0327. The Labute approximate surface area is 166 Å². The van der Waals surface area contributed by atoms with Crippen LogP contribution >= 0.6 is 31.9 Å². The molecule has 0 aliphatic carbocycles. The molecule has 1 unspecified atom stereocenters. The lowest BCUT2D eigenvalue weighted by Gasteiger charge is -2.26. The fraction of sp³-hybridized carbons (Fsp3) is 0.0625. The van der Waals surface area contributed by atoms with Crippen molar-refractivity contribution >= 4 is 59.2 Å². The quantitative estimate of drug-likeness (QED) is 0.476. The van der Waals surface area contributed by atoms with Gasteiger partial charge in [0.15, 0.2) is 0 Å². The van der Waals surface area contributed by atoms with E-state index in [0.29, 0.717) is 25.9 Å². The first-order valence-electron chi connectivity index (χ1n) is 7.26. The number of hydrogen-bond donors (Lipinski definition) is 4. The van der Waals surface area contributed by atoms with Crippen LogP contribution in [-0.4, -0.2) is 19.5 Å². The number of nitrogens with one attached hydrogen (secondary N) is 2. The largest absolute Gasteiger partial charge is 0.477 e. The number of nitrogen functional groups attached to an aromatic ring is 1. The molecule has 5 N–H and O–H groups in total. The fourth-order valence-corrected chi connectivity index (χ4v) is 5.16. The Balaban J connectivity index is 2.06. The van der Waals surface area contributed by atoms with Crippen LogP contribution in [0.3, 0.4) is 0 Å². The smallest absolute Gasteiger partial charge is 0.352 e. The van der Waals surface area contributed by atoms with Crippen molar-refractivity contribution in [2.75, 3.05) is 11.1 Å². The molecule has 1 aliphatic rings. The first-order chi connectivity index (χ1) is 12.2. The molecule has 0 saturated heterocycles. The van der Waals surface area contributed by atoms with Gasteiger partial charge in [0.1, 0.15) is 5.70 Å². The highest BCUT2D eigenvalue weighted by atomic mass is 79.9. The molecule has 0 bridgehead atoms. The Morgan fingerprint density at radius 3 is 2.46 bits per heavy atom. The number of nitrogens with two attached hydrogens (primary N) is 1. The number of sulfonamides is 1. The summed E-state index contributed by atoms with van der Waals surface area (Å²) in [7, 11) is -3.90. The molecule has 0 saturated carbocycles. The maximum Gasteiger partial charge on any atom is 0.352 e. The third-order valence-electron chi connectivity index (χ3n) is 3.71. The number of rotatable bonds is 4. The number of carboxylic acid groups (broad SMARTS) is 1. The lowest BCUT2D eigenvalue weighted by Crippen LogP contribution is -2.32. The Hall–Kier alpha value is -1.88. The van der Waals surface area contributed by atoms with Crippen LogP contribution in [0.2, 0.25) is 0 Å². The van der Waals surface area contributed by atoms with Crippen molar-refractivity contribution in [3.63, 3.8) is 0 Å². The molecule has 7 nitrogen and oxygen atoms in total. The summed E-state index contributed by atoms with van der Waals surface area (Å²) < 4.78 is 29.3. The normalized spacial score (nSPS) is 16.4. The van der Waals surface area contributed by atoms with E-state index in [4.69, 9.17) is 5.73 Å². The van der Waals surface area contributed by atoms with Crippen LogP contribution in [0, 0.1) is 0 Å². The number of fused-ring (bicyclic) bond motifs is 1. The number of aliphatic carboxylic acids is 1. The summed E-state index contributed by atoms with van der Waals surface area (Å²) in [4.78, 5) is 11.4. The summed E-state index contributed by atoms with van der Waals surface area (Å²) in [6, 6.07) is 8.30. The van der Waals surface area contributed by atoms with Crippen molar-refractivity contribution in [1.82, 2.24) is 4.72 Å². The summed E-state index contributed by atoms with van der Waals surface area (Å²) in [5.41, 5.74) is 6.98. The van der Waals surface area contributed by atoms with E-state index < -0.39 is 22.0 Å². The molecule has 0 fully saturated rings. The zero-order valence-corrected chi connectivity index (χ0v) is 17.0. The van der Waals surface area contributed by atoms with Gasteiger partial charge in [-0.2, -0.15) is 4.72 Å². The predicted octanol–water partition coefficient (Wildman–Crippen LogP) is 3.21. The summed E-state index contributed by atoms with van der Waals surface area (Å²) in [5.74, 6) is -1.19. The van der Waals surface area contributed by atoms with Crippen LogP contribution in [-0.2, 0) is 14.8 Å². The van der Waals surface area contributed by atoms with Gasteiger partial charge in [-0.3, -0.25) is 0 Å². The van der Waals surface area contributed by atoms with E-state index in [2.05, 4.69) is 41.9 Å². The molecule has 0 spiro atoms. The second-order valence-electron chi connectivity index (χ2n) is 5.53. The van der Waals surface area contributed by atoms with Crippen LogP contribution < -0.4 is 15.8 Å². The molecule has 2 aromatic rings. The zero-order valence-electron chi connectivity index (χ0n) is 13.0. The van der Waals surface area contributed by atoms with Gasteiger partial charge in [0.05, 0.1) is 10.9 Å². The lowest BCUT2D eigenvalue weighted by molar-refractivity contribution is -0.132. The molecule has 136 valence electrons. The molecular weight excluding hydrogens is 490 g/mol. The van der Waals surface area contributed by atoms with Gasteiger partial charge < -0.3 is 16.2 Å². The molecule has 0 radical (unpaired) electrons. The summed E-state index contributed by atoms with van der Waals surface area (Å²) in [6.07, 6.45) is 1.32. The maximum absolute atomic E-state index is 12.7. The Morgan fingerprint density at radius 1 is 1.19 bits per heavy atom. The first kappa shape index (κ1) is 18.9. The van der Waals surface area contributed by atoms with Crippen molar-refractivity contribution < 1.29 is 18.3 Å². The van der Waals surface area contributed by atoms with Gasteiger partial charge in [-0.05, 0) is 42.5 Å². The minimum Gasteiger partial charge on any atom is -0.477 e. The fourth-order valence-electron chi connectivity index (χ4n) is 2.54. The van der Waals surface area contributed by atoms with Gasteiger partial charge in [0.25, 0.3) is 0 Å². The standard InChI is InChI=1S/C16H13Br2N3O4S/c17-8-5-11(18)15-12(6-8)20-14(16(22)23)7-13(15)21-26(24,25)10-3-1-9(19)2-4-10/h1-7,13,20-21H,19H2,(H,22,23). The van der Waals surface area contributed by atoms with E-state index in [1.807, 2.05) is 0 Å². The van der Waals surface area contributed by atoms with Gasteiger partial charge in [-0.25, -0.2) is 13.2 Å². The van der Waals surface area contributed by atoms with E-state index >= 15 is 0 Å². The zero-order chi connectivity index (χ0) is 19.1. The number of benzene rings is 2. The number of carboxylic acids is 1. The van der Waals surface area contributed by atoms with Crippen LogP contribution in [0.15, 0.2) is 62.0 Å². The van der Waals surface area contributed by atoms with Gasteiger partial charge >= 0.3 is 5.97 Å². The van der Waals surface area contributed by atoms with Crippen molar-refractivity contribution in [1.29, 1.82) is 0 Å². The molecule has 0 amide bonds. The molecule has 1 heterocycles. The van der Waals surface area contributed by atoms with Gasteiger partial charge in [0.2, 0.25) is 10.0 Å². The third-order valence-corrected chi connectivity index (χ3v) is 6.28. The molecule has 2 aromatic carbocycles. The van der Waals surface area contributed by atoms with Crippen molar-refractivity contribution in [2.24, 2.45) is 0 Å². The second-order valence-corrected chi connectivity index (χ2v) is 9.01. The van der Waals surface area contributed by atoms with E-state index in [-0.39, 0.29) is 10.6 Å². The lowest BCUT2D eigenvalue weighted by atomic mass is 10.0. The van der Waals surface area contributed by atoms with Gasteiger partial charge in [-0.1, -0.05) is 31.9 Å². The highest BCUT2D eigenvalue weighted by Gasteiger charge is 2.29. The molecule has 10 heteroatoms. The van der Waals surface area contributed by atoms with E-state index in [9.17, 15) is 18.3 Å². The SMILES string of the molecule is Nc1ccc(S(=O)(=O)NC2C=C(C(=O)O)Nc3cc(Br)cc(Br)c32)cc1. The number of anilines is 2. The van der Waals surface area contributed by atoms with Crippen LogP contribution in [0.1, 0.15) is 11.6 Å². The first-order valence-corrected chi connectivity index (χ1v) is 10.3. The number of carbonyl (C=O) groups is 1. The van der Waals surface area contributed by atoms with E-state index in [1.54, 1.807) is 12.1 Å². The topological polar surface area (TPSA) is 122 Å². The van der Waals surface area contributed by atoms with Gasteiger partial charge in [0, 0.05) is 25.9 Å². The maximum atomic E-state index is 12.7. The van der Waals surface area contributed by atoms with E-state index in [1.165, 1.54) is 30.3 Å². The van der Waals surface area contributed by atoms with Crippen LogP contribution in [0.5, 0.6) is 0 Å². The van der Waals surface area contributed by atoms with Crippen LogP contribution in [0.4, 0.5) is 11.4 Å². The Bertz CT molecular complexity index is 1020. The molecular formula is C16H13Br2N3O4S. The Morgan fingerprint density at radius 2 is 1.85 bits per heavy atom. The van der Waals surface area contributed by atoms with Crippen LogP contribution in [0.25, 0.3) is 0 Å². The van der Waals surface area contributed by atoms with E-state index in [0.717, 1.165) is 0 Å². The Kier molecular flexibility index (Phi) is 5.11. The molecule has 1 aliphatic heterocycles. The highest BCUT2D eigenvalue weighted by molar-refractivity contribution is 9.11. The average molecular weight is 503 g/mol. The second kappa shape index (κ2) is 7.03.